The zero-order chi connectivity index (χ0) is 16.7. The number of carbonyl (C=O) groups excluding carboxylic acids is 2. The normalized spacial score (nSPS) is 10.4. The molecule has 0 radical (unpaired) electrons. The molecule has 0 aliphatic heterocycles. The number of ether oxygens (including phenoxy) is 1. The monoisotopic (exact) mass is 318 g/mol. The summed E-state index contributed by atoms with van der Waals surface area (Å²) in [6, 6.07) is 6.91. The van der Waals surface area contributed by atoms with Crippen LogP contribution in [0.3, 0.4) is 0 Å². The third-order valence-electron chi connectivity index (χ3n) is 2.73. The SMILES string of the molecule is CC(C)NC(=O)CNC(=O)COc1ccc(-c2nnco2)cc1. The first kappa shape index (κ1) is 16.5. The number of rotatable bonds is 7. The van der Waals surface area contributed by atoms with Gasteiger partial charge in [0.15, 0.2) is 6.61 Å². The molecule has 1 aromatic heterocycles. The van der Waals surface area contributed by atoms with E-state index in [1.807, 2.05) is 13.8 Å². The molecular formula is C15H18N4O4. The van der Waals surface area contributed by atoms with Crippen molar-refractivity contribution in [1.29, 1.82) is 0 Å². The van der Waals surface area contributed by atoms with Gasteiger partial charge in [0.25, 0.3) is 5.91 Å². The number of hydrogen-bond donors (Lipinski definition) is 2. The van der Waals surface area contributed by atoms with Crippen LogP contribution in [0, 0.1) is 0 Å². The highest BCUT2D eigenvalue weighted by molar-refractivity contribution is 5.85. The molecule has 2 rings (SSSR count). The van der Waals surface area contributed by atoms with Crippen molar-refractivity contribution in [3.63, 3.8) is 0 Å². The van der Waals surface area contributed by atoms with Crippen LogP contribution in [0.1, 0.15) is 13.8 Å². The summed E-state index contributed by atoms with van der Waals surface area (Å²) in [5, 5.41) is 12.6. The molecule has 1 aromatic carbocycles. The summed E-state index contributed by atoms with van der Waals surface area (Å²) in [7, 11) is 0. The topological polar surface area (TPSA) is 106 Å². The quantitative estimate of drug-likeness (QED) is 0.780. The molecule has 0 aliphatic rings. The Morgan fingerprint density at radius 1 is 1.22 bits per heavy atom. The molecular weight excluding hydrogens is 300 g/mol. The van der Waals surface area contributed by atoms with Crippen molar-refractivity contribution in [2.45, 2.75) is 19.9 Å². The minimum atomic E-state index is -0.370. The first-order chi connectivity index (χ1) is 11.0. The smallest absolute Gasteiger partial charge is 0.258 e. The van der Waals surface area contributed by atoms with Crippen molar-refractivity contribution < 1.29 is 18.7 Å². The third kappa shape index (κ3) is 5.42. The van der Waals surface area contributed by atoms with Crippen LogP contribution in [0.4, 0.5) is 0 Å². The van der Waals surface area contributed by atoms with Gasteiger partial charge in [-0.2, -0.15) is 0 Å². The van der Waals surface area contributed by atoms with Crippen LogP contribution in [0.15, 0.2) is 35.1 Å². The average Bonchev–Trinajstić information content (AvgIpc) is 3.05. The van der Waals surface area contributed by atoms with Crippen molar-refractivity contribution in [1.82, 2.24) is 20.8 Å². The standard InChI is InChI=1S/C15H18N4O4/c1-10(2)18-13(20)7-16-14(21)8-22-12-5-3-11(4-6-12)15-19-17-9-23-15/h3-6,9-10H,7-8H2,1-2H3,(H,16,21)(H,18,20). The average molecular weight is 318 g/mol. The van der Waals surface area contributed by atoms with Gasteiger partial charge in [-0.05, 0) is 38.1 Å². The van der Waals surface area contributed by atoms with E-state index in [-0.39, 0.29) is 31.0 Å². The molecule has 0 spiro atoms. The lowest BCUT2D eigenvalue weighted by atomic mass is 10.2. The Labute approximate surface area is 133 Å². The number of nitrogens with zero attached hydrogens (tertiary/aromatic N) is 2. The molecule has 2 aromatic rings. The zero-order valence-electron chi connectivity index (χ0n) is 12.9. The van der Waals surface area contributed by atoms with E-state index in [0.29, 0.717) is 11.6 Å². The maximum absolute atomic E-state index is 11.6. The number of carbonyl (C=O) groups is 2. The van der Waals surface area contributed by atoms with E-state index in [1.165, 1.54) is 6.39 Å². The van der Waals surface area contributed by atoms with Crippen LogP contribution < -0.4 is 15.4 Å². The lowest BCUT2D eigenvalue weighted by Crippen LogP contribution is -2.41. The molecule has 0 saturated heterocycles. The predicted molar refractivity (Wildman–Crippen MR) is 81.5 cm³/mol. The number of hydrogen-bond acceptors (Lipinski definition) is 6. The van der Waals surface area contributed by atoms with Crippen LogP contribution >= 0.6 is 0 Å². The van der Waals surface area contributed by atoms with Gasteiger partial charge in [-0.1, -0.05) is 0 Å². The van der Waals surface area contributed by atoms with Gasteiger partial charge in [0.05, 0.1) is 6.54 Å². The van der Waals surface area contributed by atoms with Gasteiger partial charge in [-0.3, -0.25) is 9.59 Å². The summed E-state index contributed by atoms with van der Waals surface area (Å²) >= 11 is 0. The fourth-order valence-electron chi connectivity index (χ4n) is 1.74. The summed E-state index contributed by atoms with van der Waals surface area (Å²) < 4.78 is 10.4. The predicted octanol–water partition coefficient (Wildman–Crippen LogP) is 0.756. The molecule has 8 heteroatoms. The Morgan fingerprint density at radius 3 is 2.57 bits per heavy atom. The van der Waals surface area contributed by atoms with Gasteiger partial charge in [0.1, 0.15) is 5.75 Å². The fraction of sp³-hybridized carbons (Fsp3) is 0.333. The molecule has 2 amide bonds. The fourth-order valence-corrected chi connectivity index (χ4v) is 1.74. The molecule has 2 N–H and O–H groups in total. The van der Waals surface area contributed by atoms with E-state index in [0.717, 1.165) is 5.56 Å². The number of aromatic nitrogens is 2. The number of amides is 2. The second kappa shape index (κ2) is 7.92. The van der Waals surface area contributed by atoms with Gasteiger partial charge in [-0.15, -0.1) is 10.2 Å². The van der Waals surface area contributed by atoms with Crippen molar-refractivity contribution in [3.8, 4) is 17.2 Å². The Balaban J connectivity index is 1.75. The van der Waals surface area contributed by atoms with Crippen LogP contribution in [-0.2, 0) is 9.59 Å². The summed E-state index contributed by atoms with van der Waals surface area (Å²) in [5.74, 6) is 0.322. The first-order valence-electron chi connectivity index (χ1n) is 7.10. The molecule has 23 heavy (non-hydrogen) atoms. The van der Waals surface area contributed by atoms with Gasteiger partial charge >= 0.3 is 0 Å². The minimum Gasteiger partial charge on any atom is -0.484 e. The third-order valence-corrected chi connectivity index (χ3v) is 2.73. The number of nitrogens with one attached hydrogen (secondary N) is 2. The summed E-state index contributed by atoms with van der Waals surface area (Å²) in [5.41, 5.74) is 0.754. The Bertz CT molecular complexity index is 638. The lowest BCUT2D eigenvalue weighted by Gasteiger charge is -2.10. The van der Waals surface area contributed by atoms with Crippen LogP contribution in [0.2, 0.25) is 0 Å². The molecule has 0 saturated carbocycles. The second-order valence-corrected chi connectivity index (χ2v) is 5.06. The summed E-state index contributed by atoms with van der Waals surface area (Å²) in [4.78, 5) is 23.0. The van der Waals surface area contributed by atoms with Gasteiger partial charge in [0.2, 0.25) is 18.2 Å². The lowest BCUT2D eigenvalue weighted by molar-refractivity contribution is -0.127. The van der Waals surface area contributed by atoms with E-state index in [4.69, 9.17) is 9.15 Å². The van der Waals surface area contributed by atoms with Crippen molar-refractivity contribution in [3.05, 3.63) is 30.7 Å². The van der Waals surface area contributed by atoms with Gasteiger partial charge in [-0.25, -0.2) is 0 Å². The first-order valence-corrected chi connectivity index (χ1v) is 7.10. The Morgan fingerprint density at radius 2 is 1.96 bits per heavy atom. The van der Waals surface area contributed by atoms with E-state index >= 15 is 0 Å². The Kier molecular flexibility index (Phi) is 5.67. The molecule has 8 nitrogen and oxygen atoms in total. The molecule has 0 bridgehead atoms. The van der Waals surface area contributed by atoms with Crippen molar-refractivity contribution >= 4 is 11.8 Å². The van der Waals surface area contributed by atoms with Crippen LogP contribution in [0.25, 0.3) is 11.5 Å². The molecule has 0 fully saturated rings. The molecule has 0 unspecified atom stereocenters. The molecule has 122 valence electrons. The summed E-state index contributed by atoms with van der Waals surface area (Å²) in [6.45, 7) is 3.45. The largest absolute Gasteiger partial charge is 0.484 e. The maximum Gasteiger partial charge on any atom is 0.258 e. The minimum absolute atomic E-state index is 0.0352. The van der Waals surface area contributed by atoms with Crippen molar-refractivity contribution in [2.75, 3.05) is 13.2 Å². The Hall–Kier alpha value is -2.90. The van der Waals surface area contributed by atoms with E-state index in [9.17, 15) is 9.59 Å². The number of benzene rings is 1. The highest BCUT2D eigenvalue weighted by Crippen LogP contribution is 2.19. The van der Waals surface area contributed by atoms with E-state index < -0.39 is 0 Å². The molecule has 0 atom stereocenters. The maximum atomic E-state index is 11.6. The highest BCUT2D eigenvalue weighted by atomic mass is 16.5. The second-order valence-electron chi connectivity index (χ2n) is 5.06. The van der Waals surface area contributed by atoms with Gasteiger partial charge < -0.3 is 19.8 Å². The van der Waals surface area contributed by atoms with E-state index in [1.54, 1.807) is 24.3 Å². The molecule has 1 heterocycles. The summed E-state index contributed by atoms with van der Waals surface area (Å²) in [6.07, 6.45) is 1.25. The van der Waals surface area contributed by atoms with E-state index in [2.05, 4.69) is 20.8 Å². The van der Waals surface area contributed by atoms with Crippen molar-refractivity contribution in [2.24, 2.45) is 0 Å². The van der Waals surface area contributed by atoms with Gasteiger partial charge in [0, 0.05) is 11.6 Å². The van der Waals surface area contributed by atoms with Crippen LogP contribution in [0.5, 0.6) is 5.75 Å². The molecule has 0 aliphatic carbocycles. The van der Waals surface area contributed by atoms with Crippen LogP contribution in [-0.4, -0.2) is 41.2 Å². The zero-order valence-corrected chi connectivity index (χ0v) is 12.9. The highest BCUT2D eigenvalue weighted by Gasteiger charge is 2.08.